The highest BCUT2D eigenvalue weighted by molar-refractivity contribution is 6.42. The molecule has 0 aliphatic carbocycles. The van der Waals surface area contributed by atoms with E-state index in [4.69, 9.17) is 27.9 Å². The second-order valence-electron chi connectivity index (χ2n) is 6.57. The first-order chi connectivity index (χ1) is 13.1. The molecule has 2 heterocycles. The average Bonchev–Trinajstić information content (AvgIpc) is 2.70. The van der Waals surface area contributed by atoms with Crippen LogP contribution in [0.2, 0.25) is 10.0 Å². The summed E-state index contributed by atoms with van der Waals surface area (Å²) in [7, 11) is 0. The molecule has 1 aliphatic heterocycles. The fourth-order valence-electron chi connectivity index (χ4n) is 3.34. The maximum atomic E-state index is 12.7. The Kier molecular flexibility index (Phi) is 5.19. The van der Waals surface area contributed by atoms with Crippen molar-refractivity contribution in [1.29, 1.82) is 0 Å². The Hall–Kier alpha value is -2.30. The van der Waals surface area contributed by atoms with Gasteiger partial charge in [0, 0.05) is 43.1 Å². The lowest BCUT2D eigenvalue weighted by Gasteiger charge is -2.32. The second kappa shape index (κ2) is 7.75. The van der Waals surface area contributed by atoms with Crippen molar-refractivity contribution in [2.45, 2.75) is 18.9 Å². The summed E-state index contributed by atoms with van der Waals surface area (Å²) in [4.78, 5) is 18.9. The molecule has 0 spiro atoms. The third-order valence-electron chi connectivity index (χ3n) is 4.79. The van der Waals surface area contributed by atoms with Gasteiger partial charge in [-0.15, -0.1) is 0 Å². The maximum Gasteiger partial charge on any atom is 0.253 e. The van der Waals surface area contributed by atoms with E-state index in [1.165, 1.54) is 0 Å². The number of ether oxygens (including phenoxy) is 1. The molecule has 0 N–H and O–H groups in total. The summed E-state index contributed by atoms with van der Waals surface area (Å²) in [6, 6.07) is 14.9. The fourth-order valence-corrected chi connectivity index (χ4v) is 3.64. The third-order valence-corrected chi connectivity index (χ3v) is 5.52. The van der Waals surface area contributed by atoms with Gasteiger partial charge >= 0.3 is 0 Å². The molecule has 0 bridgehead atoms. The number of carbonyl (C=O) groups is 1. The number of aromatic nitrogens is 1. The molecular formula is C21H18Cl2N2O2. The van der Waals surface area contributed by atoms with Crippen molar-refractivity contribution in [2.24, 2.45) is 0 Å². The lowest BCUT2D eigenvalue weighted by atomic mass is 10.1. The first-order valence-electron chi connectivity index (χ1n) is 8.86. The summed E-state index contributed by atoms with van der Waals surface area (Å²) in [6.45, 7) is 1.28. The number of fused-ring (bicyclic) bond motifs is 1. The van der Waals surface area contributed by atoms with Crippen LogP contribution in [0.1, 0.15) is 23.2 Å². The largest absolute Gasteiger partial charge is 0.488 e. The molecule has 4 rings (SSSR count). The number of hydrogen-bond donors (Lipinski definition) is 0. The zero-order valence-electron chi connectivity index (χ0n) is 14.6. The highest BCUT2D eigenvalue weighted by atomic mass is 35.5. The molecule has 4 nitrogen and oxygen atoms in total. The maximum absolute atomic E-state index is 12.7. The summed E-state index contributed by atoms with van der Waals surface area (Å²) in [5, 5.41) is 1.90. The van der Waals surface area contributed by atoms with Gasteiger partial charge < -0.3 is 9.64 Å². The van der Waals surface area contributed by atoms with Crippen LogP contribution in [-0.2, 0) is 0 Å². The number of likely N-dealkylation sites (tertiary alicyclic amines) is 1. The second-order valence-corrected chi connectivity index (χ2v) is 7.38. The number of pyridine rings is 1. The van der Waals surface area contributed by atoms with Gasteiger partial charge in [-0.25, -0.2) is 0 Å². The number of amides is 1. The Morgan fingerprint density at radius 2 is 1.81 bits per heavy atom. The Bertz CT molecular complexity index is 980. The fraction of sp³-hybridized carbons (Fsp3) is 0.238. The van der Waals surface area contributed by atoms with E-state index in [9.17, 15) is 4.79 Å². The van der Waals surface area contributed by atoms with Crippen molar-refractivity contribution in [3.8, 4) is 5.75 Å². The number of para-hydroxylation sites is 1. The lowest BCUT2D eigenvalue weighted by molar-refractivity contribution is 0.0597. The molecule has 0 atom stereocenters. The van der Waals surface area contributed by atoms with E-state index in [1.54, 1.807) is 24.4 Å². The minimum Gasteiger partial charge on any atom is -0.488 e. The highest BCUT2D eigenvalue weighted by Gasteiger charge is 2.25. The molecule has 1 aliphatic rings. The smallest absolute Gasteiger partial charge is 0.253 e. The van der Waals surface area contributed by atoms with Crippen LogP contribution >= 0.6 is 23.2 Å². The number of nitrogens with zero attached hydrogens (tertiary/aromatic N) is 2. The molecule has 1 amide bonds. The molecule has 0 radical (unpaired) electrons. The Morgan fingerprint density at radius 1 is 1.04 bits per heavy atom. The van der Waals surface area contributed by atoms with Crippen molar-refractivity contribution < 1.29 is 9.53 Å². The zero-order valence-corrected chi connectivity index (χ0v) is 16.1. The van der Waals surface area contributed by atoms with Crippen LogP contribution in [0.25, 0.3) is 10.9 Å². The van der Waals surface area contributed by atoms with Crippen LogP contribution in [0.15, 0.2) is 54.7 Å². The molecule has 0 saturated carbocycles. The molecule has 0 unspecified atom stereocenters. The van der Waals surface area contributed by atoms with E-state index in [2.05, 4.69) is 4.98 Å². The predicted octanol–water partition coefficient (Wildman–Crippen LogP) is 5.23. The van der Waals surface area contributed by atoms with E-state index in [0.29, 0.717) is 28.7 Å². The minimum absolute atomic E-state index is 0.0288. The quantitative estimate of drug-likeness (QED) is 0.604. The molecule has 138 valence electrons. The van der Waals surface area contributed by atoms with Crippen molar-refractivity contribution in [3.63, 3.8) is 0 Å². The third kappa shape index (κ3) is 3.87. The van der Waals surface area contributed by atoms with Gasteiger partial charge in [0.25, 0.3) is 5.91 Å². The molecule has 1 aromatic heterocycles. The van der Waals surface area contributed by atoms with Crippen LogP contribution in [-0.4, -0.2) is 35.0 Å². The molecular weight excluding hydrogens is 383 g/mol. The van der Waals surface area contributed by atoms with Crippen LogP contribution < -0.4 is 4.74 Å². The minimum atomic E-state index is -0.0288. The predicted molar refractivity (Wildman–Crippen MR) is 108 cm³/mol. The van der Waals surface area contributed by atoms with Gasteiger partial charge in [-0.05, 0) is 30.3 Å². The Labute approximate surface area is 167 Å². The number of carbonyl (C=O) groups excluding carboxylic acids is 1. The molecule has 1 saturated heterocycles. The van der Waals surface area contributed by atoms with Gasteiger partial charge in [0.2, 0.25) is 0 Å². The van der Waals surface area contributed by atoms with E-state index in [1.807, 2.05) is 35.2 Å². The Morgan fingerprint density at radius 3 is 2.59 bits per heavy atom. The Balaban J connectivity index is 1.41. The standard InChI is InChI=1S/C21H18Cl2N2O2/c22-17-7-6-15(13-18(17)23)21(26)25-11-8-16(9-12-25)27-19-5-1-3-14-4-2-10-24-20(14)19/h1-7,10,13,16H,8-9,11-12H2. The summed E-state index contributed by atoms with van der Waals surface area (Å²) in [5.41, 5.74) is 1.43. The summed E-state index contributed by atoms with van der Waals surface area (Å²) in [6.07, 6.45) is 3.38. The topological polar surface area (TPSA) is 42.4 Å². The normalized spacial score (nSPS) is 15.1. The highest BCUT2D eigenvalue weighted by Crippen LogP contribution is 2.27. The van der Waals surface area contributed by atoms with Crippen LogP contribution in [0.4, 0.5) is 0 Å². The molecule has 6 heteroatoms. The number of benzene rings is 2. The van der Waals surface area contributed by atoms with Crippen molar-refractivity contribution in [1.82, 2.24) is 9.88 Å². The SMILES string of the molecule is O=C(c1ccc(Cl)c(Cl)c1)N1CCC(Oc2cccc3cccnc23)CC1. The monoisotopic (exact) mass is 400 g/mol. The number of halogens is 2. The number of rotatable bonds is 3. The molecule has 27 heavy (non-hydrogen) atoms. The molecule has 3 aromatic rings. The van der Waals surface area contributed by atoms with E-state index < -0.39 is 0 Å². The lowest BCUT2D eigenvalue weighted by Crippen LogP contribution is -2.41. The number of hydrogen-bond acceptors (Lipinski definition) is 3. The molecule has 1 fully saturated rings. The summed E-state index contributed by atoms with van der Waals surface area (Å²) in [5.74, 6) is 0.765. The van der Waals surface area contributed by atoms with Gasteiger partial charge in [0.05, 0.1) is 10.0 Å². The van der Waals surface area contributed by atoms with Gasteiger partial charge in [0.15, 0.2) is 0 Å². The zero-order chi connectivity index (χ0) is 18.8. The van der Waals surface area contributed by atoms with Crippen molar-refractivity contribution in [2.75, 3.05) is 13.1 Å². The van der Waals surface area contributed by atoms with Gasteiger partial charge in [-0.2, -0.15) is 0 Å². The first-order valence-corrected chi connectivity index (χ1v) is 9.62. The van der Waals surface area contributed by atoms with E-state index in [-0.39, 0.29) is 12.0 Å². The summed E-state index contributed by atoms with van der Waals surface area (Å²) < 4.78 is 6.20. The molecule has 2 aromatic carbocycles. The van der Waals surface area contributed by atoms with Crippen molar-refractivity contribution in [3.05, 3.63) is 70.3 Å². The van der Waals surface area contributed by atoms with Crippen molar-refractivity contribution >= 4 is 40.0 Å². The van der Waals surface area contributed by atoms with Crippen LogP contribution in [0.3, 0.4) is 0 Å². The summed E-state index contributed by atoms with van der Waals surface area (Å²) >= 11 is 12.0. The van der Waals surface area contributed by atoms with E-state index in [0.717, 1.165) is 29.5 Å². The number of piperidine rings is 1. The van der Waals surface area contributed by atoms with Crippen LogP contribution in [0, 0.1) is 0 Å². The van der Waals surface area contributed by atoms with Crippen LogP contribution in [0.5, 0.6) is 5.75 Å². The van der Waals surface area contributed by atoms with E-state index >= 15 is 0 Å². The van der Waals surface area contributed by atoms with Gasteiger partial charge in [-0.1, -0.05) is 41.4 Å². The average molecular weight is 401 g/mol. The van der Waals surface area contributed by atoms with Gasteiger partial charge in [0.1, 0.15) is 17.4 Å². The van der Waals surface area contributed by atoms with Gasteiger partial charge in [-0.3, -0.25) is 9.78 Å². The first kappa shape index (κ1) is 18.1.